The van der Waals surface area contributed by atoms with Crippen molar-refractivity contribution in [3.05, 3.63) is 34.7 Å². The third-order valence-electron chi connectivity index (χ3n) is 3.59. The van der Waals surface area contributed by atoms with Gasteiger partial charge in [-0.15, -0.1) is 0 Å². The number of phenolic OH excluding ortho intramolecular Hbond substituents is 1. The van der Waals surface area contributed by atoms with Crippen LogP contribution in [0.15, 0.2) is 18.2 Å². The predicted octanol–water partition coefficient (Wildman–Crippen LogP) is 3.12. The zero-order chi connectivity index (χ0) is 17.1. The van der Waals surface area contributed by atoms with Gasteiger partial charge in [-0.1, -0.05) is 18.5 Å². The molecule has 0 spiro atoms. The summed E-state index contributed by atoms with van der Waals surface area (Å²) in [6.07, 6.45) is 0.776. The Morgan fingerprint density at radius 1 is 1.39 bits per heavy atom. The van der Waals surface area contributed by atoms with E-state index >= 15 is 0 Å². The van der Waals surface area contributed by atoms with Crippen molar-refractivity contribution >= 4 is 17.4 Å². The van der Waals surface area contributed by atoms with Gasteiger partial charge in [0.1, 0.15) is 5.75 Å². The summed E-state index contributed by atoms with van der Waals surface area (Å²) in [5, 5.41) is 10.4. The number of anilines is 1. The van der Waals surface area contributed by atoms with Crippen LogP contribution in [0.3, 0.4) is 0 Å². The van der Waals surface area contributed by atoms with Gasteiger partial charge in [0, 0.05) is 24.7 Å². The van der Waals surface area contributed by atoms with Gasteiger partial charge in [-0.2, -0.15) is 0 Å². The zero-order valence-corrected chi connectivity index (χ0v) is 14.1. The van der Waals surface area contributed by atoms with Crippen LogP contribution >= 0.6 is 11.6 Å². The lowest BCUT2D eigenvalue weighted by Gasteiger charge is -2.23. The number of aryl methyl sites for hydroxylation is 1. The highest BCUT2D eigenvalue weighted by Crippen LogP contribution is 2.31. The molecule has 1 atom stereocenters. The average molecular weight is 339 g/mol. The summed E-state index contributed by atoms with van der Waals surface area (Å²) < 4.78 is 14.4. The molecular formula is C16H20ClFN4O. The molecule has 3 N–H and O–H groups in total. The molecule has 5 nitrogen and oxygen atoms in total. The molecule has 124 valence electrons. The molecule has 0 aliphatic rings. The Labute approximate surface area is 139 Å². The first-order chi connectivity index (χ1) is 10.8. The number of likely N-dealkylation sites (N-methyl/N-ethyl adjacent to an activating group) is 1. The number of hydrogen-bond donors (Lipinski definition) is 2. The van der Waals surface area contributed by atoms with E-state index in [2.05, 4.69) is 9.97 Å². The van der Waals surface area contributed by atoms with Gasteiger partial charge < -0.3 is 15.7 Å². The number of aromatic hydroxyl groups is 1. The number of nitrogens with zero attached hydrogens (tertiary/aromatic N) is 3. The summed E-state index contributed by atoms with van der Waals surface area (Å²) in [4.78, 5) is 10.0. The van der Waals surface area contributed by atoms with E-state index in [1.54, 1.807) is 31.0 Å². The van der Waals surface area contributed by atoms with Crippen molar-refractivity contribution in [1.29, 1.82) is 0 Å². The van der Waals surface area contributed by atoms with E-state index in [1.165, 1.54) is 6.07 Å². The monoisotopic (exact) mass is 338 g/mol. The van der Waals surface area contributed by atoms with E-state index in [9.17, 15) is 9.50 Å². The van der Waals surface area contributed by atoms with Crippen molar-refractivity contribution in [1.82, 2.24) is 9.97 Å². The van der Waals surface area contributed by atoms with Crippen LogP contribution in [0.5, 0.6) is 5.75 Å². The number of benzene rings is 1. The van der Waals surface area contributed by atoms with Gasteiger partial charge in [0.05, 0.1) is 11.3 Å². The summed E-state index contributed by atoms with van der Waals surface area (Å²) in [5.41, 5.74) is 6.48. The minimum absolute atomic E-state index is 0.0146. The second-order valence-electron chi connectivity index (χ2n) is 5.48. The lowest BCUT2D eigenvalue weighted by atomic mass is 10.1. The maximum atomic E-state index is 14.4. The third kappa shape index (κ3) is 3.89. The summed E-state index contributed by atoms with van der Waals surface area (Å²) >= 11 is 5.96. The first-order valence-electron chi connectivity index (χ1n) is 7.33. The second kappa shape index (κ2) is 7.10. The minimum Gasteiger partial charge on any atom is -0.507 e. The summed E-state index contributed by atoms with van der Waals surface area (Å²) in [7, 11) is 1.72. The van der Waals surface area contributed by atoms with Gasteiger partial charge in [0.2, 0.25) is 0 Å². The summed E-state index contributed by atoms with van der Waals surface area (Å²) in [6, 6.07) is 4.48. The minimum atomic E-state index is -0.499. The first kappa shape index (κ1) is 17.4. The fourth-order valence-electron chi connectivity index (χ4n) is 2.17. The van der Waals surface area contributed by atoms with Crippen molar-refractivity contribution in [2.45, 2.75) is 26.3 Å². The molecule has 0 saturated heterocycles. The molecule has 23 heavy (non-hydrogen) atoms. The zero-order valence-electron chi connectivity index (χ0n) is 13.3. The topological polar surface area (TPSA) is 75.3 Å². The quantitative estimate of drug-likeness (QED) is 0.876. The van der Waals surface area contributed by atoms with E-state index in [4.69, 9.17) is 17.3 Å². The Kier molecular flexibility index (Phi) is 5.38. The van der Waals surface area contributed by atoms with E-state index in [0.717, 1.165) is 6.42 Å². The Balaban J connectivity index is 2.49. The van der Waals surface area contributed by atoms with Crippen molar-refractivity contribution in [2.75, 3.05) is 18.5 Å². The van der Waals surface area contributed by atoms with Gasteiger partial charge in [-0.25, -0.2) is 14.4 Å². The van der Waals surface area contributed by atoms with Crippen LogP contribution in [0.25, 0.3) is 11.4 Å². The number of halogens is 2. The molecule has 0 aliphatic carbocycles. The van der Waals surface area contributed by atoms with Crippen molar-refractivity contribution < 1.29 is 9.50 Å². The standard InChI is InChI=1S/C16H20ClFN4O/c1-4-11(19)8-22(3)16-14(18)9(2)20-15(21-16)12-7-10(17)5-6-13(12)23/h5-7,11,23H,4,8,19H2,1-3H3/t11-/m1/s1. The Morgan fingerprint density at radius 3 is 2.74 bits per heavy atom. The van der Waals surface area contributed by atoms with Gasteiger partial charge in [-0.3, -0.25) is 0 Å². The number of rotatable bonds is 5. The molecule has 0 aliphatic heterocycles. The summed E-state index contributed by atoms with van der Waals surface area (Å²) in [5.74, 6) is -0.146. The molecule has 1 aromatic carbocycles. The lowest BCUT2D eigenvalue weighted by Crippen LogP contribution is -2.35. The van der Waals surface area contributed by atoms with Gasteiger partial charge in [0.15, 0.2) is 17.5 Å². The van der Waals surface area contributed by atoms with Crippen LogP contribution in [0.2, 0.25) is 5.02 Å². The highest BCUT2D eigenvalue weighted by Gasteiger charge is 2.19. The van der Waals surface area contributed by atoms with Crippen molar-refractivity contribution in [3.8, 4) is 17.1 Å². The van der Waals surface area contributed by atoms with Crippen LogP contribution < -0.4 is 10.6 Å². The largest absolute Gasteiger partial charge is 0.507 e. The van der Waals surface area contributed by atoms with Crippen molar-refractivity contribution in [3.63, 3.8) is 0 Å². The van der Waals surface area contributed by atoms with Crippen LogP contribution in [-0.4, -0.2) is 34.7 Å². The number of aromatic nitrogens is 2. The highest BCUT2D eigenvalue weighted by molar-refractivity contribution is 6.30. The molecule has 0 unspecified atom stereocenters. The van der Waals surface area contributed by atoms with Crippen LogP contribution in [0, 0.1) is 12.7 Å². The number of phenols is 1. The maximum absolute atomic E-state index is 14.4. The van der Waals surface area contributed by atoms with Gasteiger partial charge >= 0.3 is 0 Å². The Hall–Kier alpha value is -1.92. The molecular weight excluding hydrogens is 319 g/mol. The molecule has 2 aromatic rings. The fraction of sp³-hybridized carbons (Fsp3) is 0.375. The van der Waals surface area contributed by atoms with Gasteiger partial charge in [-0.05, 0) is 31.5 Å². The van der Waals surface area contributed by atoms with Crippen molar-refractivity contribution in [2.24, 2.45) is 5.73 Å². The van der Waals surface area contributed by atoms with Gasteiger partial charge in [0.25, 0.3) is 0 Å². The molecule has 0 fully saturated rings. The van der Waals surface area contributed by atoms with Crippen LogP contribution in [-0.2, 0) is 0 Å². The maximum Gasteiger partial charge on any atom is 0.186 e. The lowest BCUT2D eigenvalue weighted by molar-refractivity contribution is 0.476. The SMILES string of the molecule is CC[C@@H](N)CN(C)c1nc(-c2cc(Cl)ccc2O)nc(C)c1F. The molecule has 0 radical (unpaired) electrons. The average Bonchev–Trinajstić information content (AvgIpc) is 2.51. The molecule has 2 rings (SSSR count). The summed E-state index contributed by atoms with van der Waals surface area (Å²) in [6.45, 7) is 3.99. The molecule has 1 heterocycles. The van der Waals surface area contributed by atoms with E-state index < -0.39 is 5.82 Å². The fourth-order valence-corrected chi connectivity index (χ4v) is 2.34. The molecule has 1 aromatic heterocycles. The smallest absolute Gasteiger partial charge is 0.186 e. The Bertz CT molecular complexity index is 711. The number of hydrogen-bond acceptors (Lipinski definition) is 5. The first-order valence-corrected chi connectivity index (χ1v) is 7.71. The normalized spacial score (nSPS) is 12.3. The highest BCUT2D eigenvalue weighted by atomic mass is 35.5. The molecule has 0 saturated carbocycles. The van der Waals surface area contributed by atoms with E-state index in [1.807, 2.05) is 6.92 Å². The predicted molar refractivity (Wildman–Crippen MR) is 90.4 cm³/mol. The molecule has 7 heteroatoms. The van der Waals surface area contributed by atoms with E-state index in [0.29, 0.717) is 17.1 Å². The molecule has 0 bridgehead atoms. The van der Waals surface area contributed by atoms with Crippen LogP contribution in [0.4, 0.5) is 10.2 Å². The number of nitrogens with two attached hydrogens (primary N) is 1. The van der Waals surface area contributed by atoms with E-state index in [-0.39, 0.29) is 29.1 Å². The third-order valence-corrected chi connectivity index (χ3v) is 3.83. The Morgan fingerprint density at radius 2 is 2.09 bits per heavy atom. The second-order valence-corrected chi connectivity index (χ2v) is 5.92. The molecule has 0 amide bonds. The van der Waals surface area contributed by atoms with Crippen LogP contribution in [0.1, 0.15) is 19.0 Å².